The van der Waals surface area contributed by atoms with E-state index in [-0.39, 0.29) is 0 Å². The second-order valence-corrected chi connectivity index (χ2v) is 9.50. The van der Waals surface area contributed by atoms with Crippen molar-refractivity contribution in [2.75, 3.05) is 41.3 Å². The Morgan fingerprint density at radius 2 is 1.81 bits per heavy atom. The largest absolute Gasteiger partial charge is 0.465 e. The summed E-state index contributed by atoms with van der Waals surface area (Å²) in [7, 11) is 0. The van der Waals surface area contributed by atoms with Gasteiger partial charge in [-0.2, -0.15) is 9.97 Å². The molecule has 0 aromatic carbocycles. The van der Waals surface area contributed by atoms with Crippen LogP contribution >= 0.6 is 12.2 Å². The average molecular weight is 443 g/mol. The molecular weight excluding hydrogens is 408 g/mol. The van der Waals surface area contributed by atoms with Gasteiger partial charge in [0.25, 0.3) is 0 Å². The van der Waals surface area contributed by atoms with E-state index in [2.05, 4.69) is 40.3 Å². The van der Waals surface area contributed by atoms with E-state index in [4.69, 9.17) is 26.6 Å². The number of nitrogens with one attached hydrogen (secondary N) is 2. The first-order chi connectivity index (χ1) is 15.0. The molecule has 2 saturated heterocycles. The summed E-state index contributed by atoms with van der Waals surface area (Å²) in [5.41, 5.74) is 0. The van der Waals surface area contributed by atoms with Crippen LogP contribution in [0.5, 0.6) is 0 Å². The van der Waals surface area contributed by atoms with Crippen molar-refractivity contribution in [2.45, 2.75) is 53.0 Å². The summed E-state index contributed by atoms with van der Waals surface area (Å²) in [5, 5.41) is 6.89. The maximum atomic E-state index is 5.61. The Hall–Kier alpha value is -2.35. The molecule has 8 heteroatoms. The lowest BCUT2D eigenvalue weighted by molar-refractivity contribution is 0.435. The van der Waals surface area contributed by atoms with E-state index in [1.54, 1.807) is 0 Å². The summed E-state index contributed by atoms with van der Waals surface area (Å²) in [4.78, 5) is 14.4. The molecule has 0 radical (unpaired) electrons. The number of anilines is 3. The standard InChI is InChI=1S/C23H34N6OS/c1-16-8-11-28(12-9-16)20-13-21(29-10-4-5-17(2)15-29)26-22(25-20)27-23(31)24-14-19-7-6-18(3)30-19/h6-7,13,16-17H,4-5,8-12,14-15H2,1-3H3,(H2,24,25,26,27,31)/t17-/m1/s1. The van der Waals surface area contributed by atoms with Gasteiger partial charge >= 0.3 is 0 Å². The number of thiocarbonyl (C=S) groups is 1. The fourth-order valence-electron chi connectivity index (χ4n) is 4.33. The van der Waals surface area contributed by atoms with Gasteiger partial charge in [-0.15, -0.1) is 0 Å². The van der Waals surface area contributed by atoms with Gasteiger partial charge in [0.1, 0.15) is 23.2 Å². The van der Waals surface area contributed by atoms with Crippen molar-refractivity contribution in [1.82, 2.24) is 15.3 Å². The van der Waals surface area contributed by atoms with E-state index >= 15 is 0 Å². The topological polar surface area (TPSA) is 69.5 Å². The number of nitrogens with zero attached hydrogens (tertiary/aromatic N) is 4. The van der Waals surface area contributed by atoms with Gasteiger partial charge in [0.05, 0.1) is 6.54 Å². The van der Waals surface area contributed by atoms with E-state index in [0.29, 0.717) is 23.5 Å². The van der Waals surface area contributed by atoms with Gasteiger partial charge in [-0.1, -0.05) is 13.8 Å². The Kier molecular flexibility index (Phi) is 6.95. The number of piperidine rings is 2. The Bertz CT molecular complexity index is 892. The summed E-state index contributed by atoms with van der Waals surface area (Å²) in [6, 6.07) is 6.06. The Balaban J connectivity index is 1.49. The molecule has 31 heavy (non-hydrogen) atoms. The third-order valence-electron chi connectivity index (χ3n) is 6.23. The van der Waals surface area contributed by atoms with Crippen molar-refractivity contribution in [3.05, 3.63) is 29.7 Å². The van der Waals surface area contributed by atoms with Crippen molar-refractivity contribution in [3.63, 3.8) is 0 Å². The number of furan rings is 1. The minimum absolute atomic E-state index is 0.497. The Morgan fingerprint density at radius 3 is 2.48 bits per heavy atom. The van der Waals surface area contributed by atoms with Gasteiger partial charge in [-0.05, 0) is 68.8 Å². The van der Waals surface area contributed by atoms with Gasteiger partial charge in [-0.3, -0.25) is 0 Å². The van der Waals surface area contributed by atoms with Crippen LogP contribution in [0.4, 0.5) is 17.6 Å². The molecule has 2 fully saturated rings. The SMILES string of the molecule is Cc1ccc(CNC(=S)Nc2nc(N3CCC(C)CC3)cc(N3CCC[C@@H](C)C3)n2)o1. The molecule has 0 unspecified atom stereocenters. The van der Waals surface area contributed by atoms with Gasteiger partial charge in [-0.25, -0.2) is 0 Å². The van der Waals surface area contributed by atoms with Crippen LogP contribution in [0.15, 0.2) is 22.6 Å². The Morgan fingerprint density at radius 1 is 1.06 bits per heavy atom. The molecule has 4 rings (SSSR count). The molecule has 0 bridgehead atoms. The molecule has 2 N–H and O–H groups in total. The number of hydrogen-bond donors (Lipinski definition) is 2. The minimum atomic E-state index is 0.497. The lowest BCUT2D eigenvalue weighted by Crippen LogP contribution is -2.37. The smallest absolute Gasteiger partial charge is 0.232 e. The predicted molar refractivity (Wildman–Crippen MR) is 130 cm³/mol. The van der Waals surface area contributed by atoms with Crippen LogP contribution < -0.4 is 20.4 Å². The minimum Gasteiger partial charge on any atom is -0.465 e. The van der Waals surface area contributed by atoms with Gasteiger partial charge < -0.3 is 24.9 Å². The molecule has 4 heterocycles. The third kappa shape index (κ3) is 5.87. The average Bonchev–Trinajstić information content (AvgIpc) is 3.18. The summed E-state index contributed by atoms with van der Waals surface area (Å²) in [6.45, 7) is 11.3. The summed E-state index contributed by atoms with van der Waals surface area (Å²) in [6.07, 6.45) is 4.88. The zero-order valence-corrected chi connectivity index (χ0v) is 19.7. The first-order valence-corrected chi connectivity index (χ1v) is 11.9. The zero-order chi connectivity index (χ0) is 21.8. The number of aromatic nitrogens is 2. The summed E-state index contributed by atoms with van der Waals surface area (Å²) >= 11 is 5.50. The molecule has 2 aromatic heterocycles. The summed E-state index contributed by atoms with van der Waals surface area (Å²) in [5.74, 6) is 5.73. The Labute approximate surface area is 190 Å². The van der Waals surface area contributed by atoms with E-state index in [9.17, 15) is 0 Å². The van der Waals surface area contributed by atoms with E-state index < -0.39 is 0 Å². The van der Waals surface area contributed by atoms with Gasteiger partial charge in [0, 0.05) is 32.2 Å². The predicted octanol–water partition coefficient (Wildman–Crippen LogP) is 4.34. The van der Waals surface area contributed by atoms with Crippen LogP contribution in [0.1, 0.15) is 51.1 Å². The van der Waals surface area contributed by atoms with Crippen LogP contribution in [0, 0.1) is 18.8 Å². The van der Waals surface area contributed by atoms with E-state index in [1.807, 2.05) is 19.1 Å². The van der Waals surface area contributed by atoms with Gasteiger partial charge in [0.2, 0.25) is 5.95 Å². The van der Waals surface area contributed by atoms with Crippen LogP contribution in [0.2, 0.25) is 0 Å². The molecule has 0 amide bonds. The third-order valence-corrected chi connectivity index (χ3v) is 6.48. The molecule has 2 aliphatic rings. The highest BCUT2D eigenvalue weighted by Gasteiger charge is 2.22. The number of aryl methyl sites for hydroxylation is 1. The quantitative estimate of drug-likeness (QED) is 0.663. The molecular formula is C23H34N6OS. The van der Waals surface area contributed by atoms with E-state index in [1.165, 1.54) is 25.7 Å². The molecule has 0 aliphatic carbocycles. The van der Waals surface area contributed by atoms with Crippen LogP contribution in [-0.4, -0.2) is 41.3 Å². The molecule has 7 nitrogen and oxygen atoms in total. The molecule has 2 aromatic rings. The van der Waals surface area contributed by atoms with E-state index in [0.717, 1.165) is 55.3 Å². The van der Waals surface area contributed by atoms with Crippen molar-refractivity contribution < 1.29 is 4.42 Å². The van der Waals surface area contributed by atoms with Crippen LogP contribution in [0.25, 0.3) is 0 Å². The lowest BCUT2D eigenvalue weighted by atomic mass is 9.99. The van der Waals surface area contributed by atoms with Crippen molar-refractivity contribution >= 4 is 34.9 Å². The number of hydrogen-bond acceptors (Lipinski definition) is 6. The second kappa shape index (κ2) is 9.85. The second-order valence-electron chi connectivity index (χ2n) is 9.09. The highest BCUT2D eigenvalue weighted by molar-refractivity contribution is 7.80. The molecule has 0 saturated carbocycles. The first kappa shape index (κ1) is 21.9. The maximum Gasteiger partial charge on any atom is 0.232 e. The van der Waals surface area contributed by atoms with Crippen molar-refractivity contribution in [2.24, 2.45) is 11.8 Å². The first-order valence-electron chi connectivity index (χ1n) is 11.5. The monoisotopic (exact) mass is 442 g/mol. The molecule has 1 atom stereocenters. The highest BCUT2D eigenvalue weighted by Crippen LogP contribution is 2.28. The van der Waals surface area contributed by atoms with Crippen molar-refractivity contribution in [3.8, 4) is 0 Å². The van der Waals surface area contributed by atoms with Crippen LogP contribution in [0.3, 0.4) is 0 Å². The lowest BCUT2D eigenvalue weighted by Gasteiger charge is -2.34. The summed E-state index contributed by atoms with van der Waals surface area (Å²) < 4.78 is 5.61. The zero-order valence-electron chi connectivity index (χ0n) is 18.9. The highest BCUT2D eigenvalue weighted by atomic mass is 32.1. The fourth-order valence-corrected chi connectivity index (χ4v) is 4.49. The normalized spacial score (nSPS) is 20.0. The van der Waals surface area contributed by atoms with Crippen LogP contribution in [-0.2, 0) is 6.54 Å². The van der Waals surface area contributed by atoms with Gasteiger partial charge in [0.15, 0.2) is 5.11 Å². The fraction of sp³-hybridized carbons (Fsp3) is 0.609. The van der Waals surface area contributed by atoms with Crippen molar-refractivity contribution in [1.29, 1.82) is 0 Å². The molecule has 2 aliphatic heterocycles. The molecule has 0 spiro atoms. The molecule has 168 valence electrons. The number of rotatable bonds is 5. The maximum absolute atomic E-state index is 5.61.